The summed E-state index contributed by atoms with van der Waals surface area (Å²) in [6.07, 6.45) is 5.37. The summed E-state index contributed by atoms with van der Waals surface area (Å²) in [5.74, 6) is 0.991. The van der Waals surface area contributed by atoms with Crippen molar-refractivity contribution in [3.05, 3.63) is 17.6 Å². The minimum absolute atomic E-state index is 0.502. The van der Waals surface area contributed by atoms with Crippen LogP contribution in [0.2, 0.25) is 0 Å². The van der Waals surface area contributed by atoms with Gasteiger partial charge in [0, 0.05) is 31.5 Å². The average molecular weight is 246 g/mol. The second-order valence-electron chi connectivity index (χ2n) is 4.36. The van der Waals surface area contributed by atoms with E-state index in [-0.39, 0.29) is 0 Å². The van der Waals surface area contributed by atoms with E-state index in [1.807, 2.05) is 0 Å². The molecule has 0 saturated carbocycles. The van der Waals surface area contributed by atoms with Gasteiger partial charge in [0.15, 0.2) is 0 Å². The summed E-state index contributed by atoms with van der Waals surface area (Å²) in [4.78, 5) is 10.9. The Bertz CT molecular complexity index is 441. The van der Waals surface area contributed by atoms with Gasteiger partial charge >= 0.3 is 0 Å². The van der Waals surface area contributed by atoms with Crippen LogP contribution in [0.3, 0.4) is 0 Å². The van der Waals surface area contributed by atoms with Crippen LogP contribution in [0, 0.1) is 11.3 Å². The van der Waals surface area contributed by atoms with E-state index in [9.17, 15) is 0 Å². The van der Waals surface area contributed by atoms with Crippen molar-refractivity contribution in [3.8, 4) is 6.07 Å². The first-order valence-corrected chi connectivity index (χ1v) is 6.30. The molecular weight excluding hydrogens is 228 g/mol. The number of nitrogens with zero attached hydrogens (tertiary/aromatic N) is 4. The Morgan fingerprint density at radius 1 is 1.39 bits per heavy atom. The maximum absolute atomic E-state index is 8.74. The van der Waals surface area contributed by atoms with E-state index >= 15 is 0 Å². The number of ether oxygens (including phenoxy) is 1. The molecule has 5 nitrogen and oxygen atoms in total. The summed E-state index contributed by atoms with van der Waals surface area (Å²) in [5, 5.41) is 8.74. The molecule has 0 aliphatic heterocycles. The van der Waals surface area contributed by atoms with Crippen LogP contribution in [0.1, 0.15) is 24.1 Å². The lowest BCUT2D eigenvalue weighted by molar-refractivity contribution is 0.205. The zero-order valence-electron chi connectivity index (χ0n) is 10.7. The van der Waals surface area contributed by atoms with Crippen molar-refractivity contribution < 1.29 is 4.74 Å². The van der Waals surface area contributed by atoms with Gasteiger partial charge in [0.1, 0.15) is 12.1 Å². The van der Waals surface area contributed by atoms with Crippen LogP contribution in [0.25, 0.3) is 0 Å². The Labute approximate surface area is 107 Å². The molecule has 1 aromatic heterocycles. The van der Waals surface area contributed by atoms with Gasteiger partial charge in [-0.1, -0.05) is 0 Å². The lowest BCUT2D eigenvalue weighted by Gasteiger charge is -2.24. The first-order valence-electron chi connectivity index (χ1n) is 6.30. The molecule has 1 heterocycles. The zero-order valence-corrected chi connectivity index (χ0v) is 10.7. The number of anilines is 1. The van der Waals surface area contributed by atoms with Gasteiger partial charge in [0.05, 0.1) is 19.1 Å². The van der Waals surface area contributed by atoms with Crippen LogP contribution in [0.4, 0.5) is 5.82 Å². The fourth-order valence-corrected chi connectivity index (χ4v) is 2.32. The summed E-state index contributed by atoms with van der Waals surface area (Å²) in [7, 11) is 1.69. The molecule has 0 spiro atoms. The van der Waals surface area contributed by atoms with E-state index in [0.717, 1.165) is 31.6 Å². The Hall–Kier alpha value is -1.67. The predicted octanol–water partition coefficient (Wildman–Crippen LogP) is 1.33. The summed E-state index contributed by atoms with van der Waals surface area (Å²) >= 11 is 0. The molecule has 0 fully saturated rings. The first-order chi connectivity index (χ1) is 8.86. The highest BCUT2D eigenvalue weighted by Gasteiger charge is 2.20. The third-order valence-electron chi connectivity index (χ3n) is 3.21. The molecule has 1 aliphatic carbocycles. The van der Waals surface area contributed by atoms with Crippen LogP contribution in [-0.4, -0.2) is 36.8 Å². The van der Waals surface area contributed by atoms with Crippen molar-refractivity contribution in [3.63, 3.8) is 0 Å². The molecule has 2 rings (SSSR count). The highest BCUT2D eigenvalue weighted by molar-refractivity contribution is 5.50. The monoisotopic (exact) mass is 246 g/mol. The number of aromatic nitrogens is 2. The van der Waals surface area contributed by atoms with Crippen molar-refractivity contribution in [1.29, 1.82) is 5.26 Å². The highest BCUT2D eigenvalue weighted by Crippen LogP contribution is 2.27. The standard InChI is InChI=1S/C13H18N4O/c1-18-9-8-17(7-3-6-14)13-11-4-2-5-12(11)15-10-16-13/h10H,2-5,7-9H2,1H3. The topological polar surface area (TPSA) is 62.0 Å². The molecule has 1 aliphatic rings. The lowest BCUT2D eigenvalue weighted by Crippen LogP contribution is -2.30. The van der Waals surface area contributed by atoms with Crippen molar-refractivity contribution in [2.24, 2.45) is 0 Å². The fourth-order valence-electron chi connectivity index (χ4n) is 2.32. The highest BCUT2D eigenvalue weighted by atomic mass is 16.5. The molecule has 18 heavy (non-hydrogen) atoms. The van der Waals surface area contributed by atoms with Gasteiger partial charge < -0.3 is 9.64 Å². The lowest BCUT2D eigenvalue weighted by atomic mass is 10.2. The second-order valence-corrected chi connectivity index (χ2v) is 4.36. The summed E-state index contributed by atoms with van der Waals surface area (Å²) < 4.78 is 5.13. The van der Waals surface area contributed by atoms with E-state index in [1.54, 1.807) is 13.4 Å². The molecule has 0 N–H and O–H groups in total. The van der Waals surface area contributed by atoms with Crippen molar-refractivity contribution in [2.45, 2.75) is 25.7 Å². The fraction of sp³-hybridized carbons (Fsp3) is 0.615. The van der Waals surface area contributed by atoms with Crippen LogP contribution in [0.5, 0.6) is 0 Å². The number of rotatable bonds is 6. The molecule has 96 valence electrons. The molecule has 0 saturated heterocycles. The minimum Gasteiger partial charge on any atom is -0.383 e. The Kier molecular flexibility index (Phi) is 4.48. The number of fused-ring (bicyclic) bond motifs is 1. The molecule has 0 aromatic carbocycles. The van der Waals surface area contributed by atoms with Gasteiger partial charge in [-0.2, -0.15) is 5.26 Å². The molecule has 0 bridgehead atoms. The Balaban J connectivity index is 2.19. The van der Waals surface area contributed by atoms with Crippen LogP contribution >= 0.6 is 0 Å². The molecule has 0 radical (unpaired) electrons. The van der Waals surface area contributed by atoms with Crippen LogP contribution in [0.15, 0.2) is 6.33 Å². The van der Waals surface area contributed by atoms with Gasteiger partial charge in [-0.25, -0.2) is 9.97 Å². The smallest absolute Gasteiger partial charge is 0.135 e. The van der Waals surface area contributed by atoms with Gasteiger partial charge in [0.2, 0.25) is 0 Å². The van der Waals surface area contributed by atoms with Gasteiger partial charge in [-0.3, -0.25) is 0 Å². The summed E-state index contributed by atoms with van der Waals surface area (Å²) in [5.41, 5.74) is 2.42. The Morgan fingerprint density at radius 2 is 2.28 bits per heavy atom. The van der Waals surface area contributed by atoms with Gasteiger partial charge in [-0.15, -0.1) is 0 Å². The van der Waals surface area contributed by atoms with E-state index in [2.05, 4.69) is 20.9 Å². The number of nitriles is 1. The summed E-state index contributed by atoms with van der Waals surface area (Å²) in [6.45, 7) is 2.11. The number of aryl methyl sites for hydroxylation is 1. The molecular formula is C13H18N4O. The maximum atomic E-state index is 8.74. The Morgan fingerprint density at radius 3 is 3.06 bits per heavy atom. The molecule has 5 heteroatoms. The number of hydrogen-bond donors (Lipinski definition) is 0. The number of hydrogen-bond acceptors (Lipinski definition) is 5. The largest absolute Gasteiger partial charge is 0.383 e. The maximum Gasteiger partial charge on any atom is 0.135 e. The van der Waals surface area contributed by atoms with Crippen LogP contribution < -0.4 is 4.90 Å². The van der Waals surface area contributed by atoms with Crippen molar-refractivity contribution >= 4 is 5.82 Å². The third-order valence-corrected chi connectivity index (χ3v) is 3.21. The average Bonchev–Trinajstić information content (AvgIpc) is 2.87. The summed E-state index contributed by atoms with van der Waals surface area (Å²) in [6, 6.07) is 2.19. The minimum atomic E-state index is 0.502. The third kappa shape index (κ3) is 2.77. The van der Waals surface area contributed by atoms with E-state index in [4.69, 9.17) is 10.00 Å². The SMILES string of the molecule is COCCN(CCC#N)c1ncnc2c1CCC2. The normalized spacial score (nSPS) is 13.1. The van der Waals surface area contributed by atoms with Crippen molar-refractivity contribution in [1.82, 2.24) is 9.97 Å². The number of methoxy groups -OCH3 is 1. The van der Waals surface area contributed by atoms with E-state index in [1.165, 1.54) is 11.3 Å². The first kappa shape index (κ1) is 12.8. The van der Waals surface area contributed by atoms with E-state index in [0.29, 0.717) is 19.6 Å². The molecule has 0 unspecified atom stereocenters. The van der Waals surface area contributed by atoms with Crippen LogP contribution in [-0.2, 0) is 17.6 Å². The predicted molar refractivity (Wildman–Crippen MR) is 68.4 cm³/mol. The van der Waals surface area contributed by atoms with Gasteiger partial charge in [-0.05, 0) is 19.3 Å². The van der Waals surface area contributed by atoms with E-state index < -0.39 is 0 Å². The second kappa shape index (κ2) is 6.31. The molecule has 1 aromatic rings. The quantitative estimate of drug-likeness (QED) is 0.757. The molecule has 0 atom stereocenters. The molecule has 0 amide bonds. The van der Waals surface area contributed by atoms with Crippen molar-refractivity contribution in [2.75, 3.05) is 31.7 Å². The zero-order chi connectivity index (χ0) is 12.8. The van der Waals surface area contributed by atoms with Gasteiger partial charge in [0.25, 0.3) is 0 Å².